The van der Waals surface area contributed by atoms with Gasteiger partial charge >= 0.3 is 0 Å². The maximum absolute atomic E-state index is 12.9. The summed E-state index contributed by atoms with van der Waals surface area (Å²) in [5, 5.41) is 4.75. The normalized spacial score (nSPS) is 19.5. The van der Waals surface area contributed by atoms with Crippen LogP contribution in [0, 0.1) is 0 Å². The Morgan fingerprint density at radius 3 is 2.68 bits per heavy atom. The third-order valence-corrected chi connectivity index (χ3v) is 7.24. The van der Waals surface area contributed by atoms with Crippen molar-refractivity contribution in [3.05, 3.63) is 52.9 Å². The van der Waals surface area contributed by atoms with Crippen LogP contribution < -0.4 is 10.1 Å². The van der Waals surface area contributed by atoms with Crippen LogP contribution in [-0.4, -0.2) is 75.5 Å². The van der Waals surface area contributed by atoms with E-state index >= 15 is 0 Å². The van der Waals surface area contributed by atoms with Crippen molar-refractivity contribution in [3.8, 4) is 5.88 Å². The molecule has 0 spiro atoms. The van der Waals surface area contributed by atoms with Crippen molar-refractivity contribution in [2.45, 2.75) is 31.4 Å². The first-order chi connectivity index (χ1) is 16.6. The number of aromatic nitrogens is 3. The molecule has 0 radical (unpaired) electrons. The molecular weight excluding hydrogens is 475 g/mol. The van der Waals surface area contributed by atoms with Crippen LogP contribution in [0.15, 0.2) is 42.9 Å². The molecule has 34 heavy (non-hydrogen) atoms. The predicted molar refractivity (Wildman–Crippen MR) is 132 cm³/mol. The van der Waals surface area contributed by atoms with Crippen LogP contribution in [0.1, 0.15) is 19.3 Å². The highest BCUT2D eigenvalue weighted by Crippen LogP contribution is 2.30. The number of anilines is 1. The van der Waals surface area contributed by atoms with E-state index in [4.69, 9.17) is 27.9 Å². The van der Waals surface area contributed by atoms with Gasteiger partial charge in [0, 0.05) is 49.9 Å². The van der Waals surface area contributed by atoms with E-state index in [2.05, 4.69) is 25.2 Å². The average molecular weight is 501 g/mol. The minimum Gasteiger partial charge on any atom is -0.474 e. The van der Waals surface area contributed by atoms with Crippen molar-refractivity contribution in [2.24, 2.45) is 0 Å². The van der Waals surface area contributed by atoms with Gasteiger partial charge in [-0.25, -0.2) is 15.0 Å². The fraction of sp³-hybridized carbons (Fsp3) is 0.417. The molecule has 1 atom stereocenters. The van der Waals surface area contributed by atoms with Gasteiger partial charge in [0.1, 0.15) is 18.2 Å². The molecule has 1 aromatic carbocycles. The number of hydrogen-bond donors (Lipinski definition) is 1. The molecule has 3 aromatic rings. The number of likely N-dealkylation sites (tertiary alicyclic amines) is 2. The van der Waals surface area contributed by atoms with Gasteiger partial charge in [-0.1, -0.05) is 29.3 Å². The van der Waals surface area contributed by atoms with Crippen molar-refractivity contribution in [1.29, 1.82) is 0 Å². The Balaban J connectivity index is 1.11. The van der Waals surface area contributed by atoms with Crippen LogP contribution in [-0.2, 0) is 4.79 Å². The van der Waals surface area contributed by atoms with Gasteiger partial charge in [-0.05, 0) is 37.5 Å². The zero-order chi connectivity index (χ0) is 23.5. The van der Waals surface area contributed by atoms with Crippen LogP contribution in [0.3, 0.4) is 0 Å². The summed E-state index contributed by atoms with van der Waals surface area (Å²) in [5.41, 5.74) is 0.677. The van der Waals surface area contributed by atoms with Crippen molar-refractivity contribution < 1.29 is 9.53 Å². The molecule has 0 bridgehead atoms. The number of fused-ring (bicyclic) bond motifs is 1. The number of carbonyl (C=O) groups is 1. The Hall–Kier alpha value is -2.68. The number of rotatable bonds is 6. The Morgan fingerprint density at radius 1 is 1.06 bits per heavy atom. The van der Waals surface area contributed by atoms with Crippen molar-refractivity contribution in [1.82, 2.24) is 24.8 Å². The lowest BCUT2D eigenvalue weighted by Crippen LogP contribution is -2.46. The molecule has 1 N–H and O–H groups in total. The van der Waals surface area contributed by atoms with Crippen molar-refractivity contribution in [2.75, 3.05) is 38.0 Å². The van der Waals surface area contributed by atoms with E-state index in [0.29, 0.717) is 33.3 Å². The van der Waals surface area contributed by atoms with E-state index in [-0.39, 0.29) is 18.6 Å². The smallest absolute Gasteiger partial charge is 0.241 e. The van der Waals surface area contributed by atoms with Crippen LogP contribution in [0.5, 0.6) is 5.88 Å². The molecule has 10 heteroatoms. The number of ether oxygens (including phenoxy) is 1. The molecular formula is C24H26Cl2N6O2. The monoisotopic (exact) mass is 500 g/mol. The molecule has 0 saturated carbocycles. The van der Waals surface area contributed by atoms with Gasteiger partial charge in [0.2, 0.25) is 11.8 Å². The second-order valence-electron chi connectivity index (χ2n) is 8.66. The minimum atomic E-state index is 0.0580. The number of halogens is 2. The number of hydrogen-bond acceptors (Lipinski definition) is 7. The summed E-state index contributed by atoms with van der Waals surface area (Å²) in [4.78, 5) is 30.1. The highest BCUT2D eigenvalue weighted by molar-refractivity contribution is 6.42. The molecule has 2 aliphatic heterocycles. The summed E-state index contributed by atoms with van der Waals surface area (Å²) >= 11 is 12.2. The Morgan fingerprint density at radius 2 is 1.88 bits per heavy atom. The maximum Gasteiger partial charge on any atom is 0.241 e. The van der Waals surface area contributed by atoms with Crippen LogP contribution in [0.4, 0.5) is 5.82 Å². The molecule has 2 aliphatic rings. The number of benzene rings is 1. The first kappa shape index (κ1) is 23.1. The van der Waals surface area contributed by atoms with E-state index in [0.717, 1.165) is 50.8 Å². The molecule has 0 aliphatic carbocycles. The Kier molecular flexibility index (Phi) is 6.99. The van der Waals surface area contributed by atoms with Gasteiger partial charge in [0.05, 0.1) is 22.1 Å². The number of pyridine rings is 1. The zero-order valence-corrected chi connectivity index (χ0v) is 20.2. The standard InChI is InChI=1S/C24H26Cl2N6O2/c25-19-11-18-21(12-20(19)26)29-15-30-24(18)28-13-23(33)32-8-4-16(14-32)31-9-5-17(6-10-31)34-22-3-1-2-7-27-22/h1-3,7,11-12,15-17H,4-6,8-10,13-14H2,(H,28,29,30). The lowest BCUT2D eigenvalue weighted by atomic mass is 10.0. The van der Waals surface area contributed by atoms with Gasteiger partial charge in [-0.15, -0.1) is 0 Å². The summed E-state index contributed by atoms with van der Waals surface area (Å²) in [5.74, 6) is 1.32. The summed E-state index contributed by atoms with van der Waals surface area (Å²) in [6.45, 7) is 3.62. The van der Waals surface area contributed by atoms with Crippen molar-refractivity contribution >= 4 is 45.8 Å². The molecule has 2 saturated heterocycles. The number of nitrogens with zero attached hydrogens (tertiary/aromatic N) is 5. The second kappa shape index (κ2) is 10.3. The predicted octanol–water partition coefficient (Wildman–Crippen LogP) is 3.89. The van der Waals surface area contributed by atoms with Gasteiger partial charge in [0.25, 0.3) is 0 Å². The Labute approximate surface area is 208 Å². The third-order valence-electron chi connectivity index (χ3n) is 6.52. The maximum atomic E-state index is 12.9. The van der Waals surface area contributed by atoms with E-state index < -0.39 is 0 Å². The zero-order valence-electron chi connectivity index (χ0n) is 18.7. The van der Waals surface area contributed by atoms with E-state index in [1.807, 2.05) is 23.1 Å². The SMILES string of the molecule is O=C(CNc1ncnc2cc(Cl)c(Cl)cc12)N1CCC(N2CCC(Oc3ccccn3)CC2)C1. The van der Waals surface area contributed by atoms with Gasteiger partial charge in [-0.3, -0.25) is 9.69 Å². The highest BCUT2D eigenvalue weighted by atomic mass is 35.5. The number of piperidine rings is 1. The first-order valence-electron chi connectivity index (χ1n) is 11.5. The number of carbonyl (C=O) groups excluding carboxylic acids is 1. The molecule has 8 nitrogen and oxygen atoms in total. The summed E-state index contributed by atoms with van der Waals surface area (Å²) in [7, 11) is 0. The van der Waals surface area contributed by atoms with Crippen molar-refractivity contribution in [3.63, 3.8) is 0 Å². The van der Waals surface area contributed by atoms with Gasteiger partial charge in [0.15, 0.2) is 0 Å². The summed E-state index contributed by atoms with van der Waals surface area (Å²) < 4.78 is 6.01. The molecule has 2 aromatic heterocycles. The summed E-state index contributed by atoms with van der Waals surface area (Å²) in [6.07, 6.45) is 6.32. The third kappa shape index (κ3) is 5.19. The lowest BCUT2D eigenvalue weighted by molar-refractivity contribution is -0.128. The topological polar surface area (TPSA) is 83.5 Å². The first-order valence-corrected chi connectivity index (χ1v) is 12.3. The van der Waals surface area contributed by atoms with Crippen LogP contribution in [0.2, 0.25) is 10.0 Å². The van der Waals surface area contributed by atoms with Crippen LogP contribution in [0.25, 0.3) is 10.9 Å². The average Bonchev–Trinajstić information content (AvgIpc) is 3.35. The van der Waals surface area contributed by atoms with E-state index in [1.165, 1.54) is 6.33 Å². The lowest BCUT2D eigenvalue weighted by Gasteiger charge is -2.35. The van der Waals surface area contributed by atoms with Crippen LogP contribution >= 0.6 is 23.2 Å². The van der Waals surface area contributed by atoms with Gasteiger partial charge in [-0.2, -0.15) is 0 Å². The fourth-order valence-corrected chi connectivity index (χ4v) is 5.00. The fourth-order valence-electron chi connectivity index (χ4n) is 4.68. The molecule has 178 valence electrons. The van der Waals surface area contributed by atoms with E-state index in [1.54, 1.807) is 18.3 Å². The molecule has 2 fully saturated rings. The summed E-state index contributed by atoms with van der Waals surface area (Å²) in [6, 6.07) is 9.53. The minimum absolute atomic E-state index is 0.0580. The van der Waals surface area contributed by atoms with Gasteiger partial charge < -0.3 is 15.0 Å². The quantitative estimate of drug-likeness (QED) is 0.549. The van der Waals surface area contributed by atoms with E-state index in [9.17, 15) is 4.79 Å². The molecule has 1 amide bonds. The number of nitrogens with one attached hydrogen (secondary N) is 1. The highest BCUT2D eigenvalue weighted by Gasteiger charge is 2.33. The molecule has 5 rings (SSSR count). The largest absolute Gasteiger partial charge is 0.474 e. The Bertz CT molecular complexity index is 1160. The molecule has 1 unspecified atom stereocenters. The number of amides is 1. The molecule has 4 heterocycles. The second-order valence-corrected chi connectivity index (χ2v) is 9.48.